The van der Waals surface area contributed by atoms with Gasteiger partial charge in [0, 0.05) is 18.0 Å². The fourth-order valence-corrected chi connectivity index (χ4v) is 2.00. The number of aromatic amines is 1. The van der Waals surface area contributed by atoms with Crippen molar-refractivity contribution in [2.45, 2.75) is 12.5 Å². The third kappa shape index (κ3) is 2.17. The number of nitrogens with one attached hydrogen (secondary N) is 1. The second-order valence-electron chi connectivity index (χ2n) is 4.03. The summed E-state index contributed by atoms with van der Waals surface area (Å²) in [6.07, 6.45) is 2.27. The van der Waals surface area contributed by atoms with E-state index in [-0.39, 0.29) is 0 Å². The average Bonchev–Trinajstić information content (AvgIpc) is 2.81. The number of methoxy groups -OCH3 is 2. The number of fused-ring (bicyclic) bond motifs is 1. The third-order valence-corrected chi connectivity index (χ3v) is 2.93. The van der Waals surface area contributed by atoms with Crippen LogP contribution in [0.15, 0.2) is 24.4 Å². The Morgan fingerprint density at radius 1 is 1.44 bits per heavy atom. The van der Waals surface area contributed by atoms with Crippen LogP contribution in [0.3, 0.4) is 0 Å². The molecule has 0 aliphatic rings. The van der Waals surface area contributed by atoms with E-state index < -0.39 is 12.0 Å². The summed E-state index contributed by atoms with van der Waals surface area (Å²) in [7, 11) is 2.95. The van der Waals surface area contributed by atoms with Gasteiger partial charge in [0.05, 0.1) is 19.7 Å². The number of esters is 1. The maximum absolute atomic E-state index is 11.3. The zero-order valence-electron chi connectivity index (χ0n) is 10.4. The van der Waals surface area contributed by atoms with Gasteiger partial charge < -0.3 is 20.2 Å². The van der Waals surface area contributed by atoms with Gasteiger partial charge in [0.2, 0.25) is 0 Å². The first-order valence-electron chi connectivity index (χ1n) is 5.63. The maximum Gasteiger partial charge on any atom is 0.322 e. The number of benzene rings is 1. The maximum atomic E-state index is 11.3. The molecule has 5 nitrogen and oxygen atoms in total. The van der Waals surface area contributed by atoms with Crippen molar-refractivity contribution in [3.05, 3.63) is 30.0 Å². The lowest BCUT2D eigenvalue weighted by Crippen LogP contribution is -2.33. The van der Waals surface area contributed by atoms with E-state index in [0.717, 1.165) is 22.2 Å². The van der Waals surface area contributed by atoms with E-state index in [4.69, 9.17) is 10.5 Å². The molecule has 0 spiro atoms. The molecule has 0 radical (unpaired) electrons. The van der Waals surface area contributed by atoms with Gasteiger partial charge in [-0.25, -0.2) is 0 Å². The van der Waals surface area contributed by atoms with E-state index in [0.29, 0.717) is 6.42 Å². The van der Waals surface area contributed by atoms with Gasteiger partial charge >= 0.3 is 5.97 Å². The number of aromatic nitrogens is 1. The van der Waals surface area contributed by atoms with Gasteiger partial charge in [-0.3, -0.25) is 4.79 Å². The van der Waals surface area contributed by atoms with E-state index in [9.17, 15) is 4.79 Å². The van der Waals surface area contributed by atoms with Crippen LogP contribution in [-0.2, 0) is 16.0 Å². The number of para-hydroxylation sites is 1. The minimum absolute atomic E-state index is 0.410. The van der Waals surface area contributed by atoms with E-state index in [1.807, 2.05) is 24.4 Å². The van der Waals surface area contributed by atoms with Crippen LogP contribution in [0.5, 0.6) is 5.75 Å². The molecule has 5 heteroatoms. The smallest absolute Gasteiger partial charge is 0.322 e. The van der Waals surface area contributed by atoms with Crippen LogP contribution >= 0.6 is 0 Å². The van der Waals surface area contributed by atoms with Crippen molar-refractivity contribution in [3.63, 3.8) is 0 Å². The Balaban J connectivity index is 2.32. The highest BCUT2D eigenvalue weighted by Crippen LogP contribution is 2.27. The molecular weight excluding hydrogens is 232 g/mol. The highest BCUT2D eigenvalue weighted by Gasteiger charge is 2.17. The van der Waals surface area contributed by atoms with Crippen molar-refractivity contribution in [1.82, 2.24) is 4.98 Å². The number of carbonyl (C=O) groups is 1. The Morgan fingerprint density at radius 2 is 2.22 bits per heavy atom. The first kappa shape index (κ1) is 12.4. The average molecular weight is 248 g/mol. The predicted octanol–water partition coefficient (Wildman–Crippen LogP) is 1.22. The van der Waals surface area contributed by atoms with Crippen LogP contribution in [0.25, 0.3) is 10.9 Å². The molecule has 0 amide bonds. The highest BCUT2D eigenvalue weighted by atomic mass is 16.5. The monoisotopic (exact) mass is 248 g/mol. The second-order valence-corrected chi connectivity index (χ2v) is 4.03. The Kier molecular flexibility index (Phi) is 3.53. The van der Waals surface area contributed by atoms with Crippen LogP contribution in [0.4, 0.5) is 0 Å². The first-order valence-corrected chi connectivity index (χ1v) is 5.63. The molecule has 1 aromatic carbocycles. The lowest BCUT2D eigenvalue weighted by molar-refractivity contribution is -0.142. The van der Waals surface area contributed by atoms with Crippen LogP contribution in [-0.4, -0.2) is 31.2 Å². The molecule has 2 rings (SSSR count). The van der Waals surface area contributed by atoms with Crippen LogP contribution in [0.1, 0.15) is 5.56 Å². The van der Waals surface area contributed by atoms with E-state index in [1.54, 1.807) is 7.11 Å². The summed E-state index contributed by atoms with van der Waals surface area (Å²) in [5.41, 5.74) is 7.64. The van der Waals surface area contributed by atoms with Gasteiger partial charge in [-0.2, -0.15) is 0 Å². The number of ether oxygens (including phenoxy) is 2. The van der Waals surface area contributed by atoms with Crippen molar-refractivity contribution in [2.75, 3.05) is 14.2 Å². The Bertz CT molecular complexity index is 562. The summed E-state index contributed by atoms with van der Waals surface area (Å²) in [4.78, 5) is 14.5. The fourth-order valence-electron chi connectivity index (χ4n) is 2.00. The fraction of sp³-hybridized carbons (Fsp3) is 0.308. The molecule has 0 fully saturated rings. The molecule has 1 aromatic heterocycles. The first-order chi connectivity index (χ1) is 8.67. The van der Waals surface area contributed by atoms with Gasteiger partial charge in [-0.15, -0.1) is 0 Å². The molecule has 0 bridgehead atoms. The SMILES string of the molecule is COC(=O)[C@@H](N)Cc1c[nH]c2c(OC)cccc12. The molecule has 0 aliphatic carbocycles. The highest BCUT2D eigenvalue weighted by molar-refractivity contribution is 5.89. The van der Waals surface area contributed by atoms with Gasteiger partial charge in [-0.05, 0) is 11.6 Å². The summed E-state index contributed by atoms with van der Waals surface area (Å²) in [5, 5.41) is 1.01. The standard InChI is InChI=1S/C13H16N2O3/c1-17-11-5-3-4-9-8(7-15-12(9)11)6-10(14)13(16)18-2/h3-5,7,10,15H,6,14H2,1-2H3/t10-/m0/s1. The summed E-state index contributed by atoms with van der Waals surface area (Å²) in [6.45, 7) is 0. The lowest BCUT2D eigenvalue weighted by Gasteiger charge is -2.08. The number of nitrogens with two attached hydrogens (primary N) is 1. The summed E-state index contributed by atoms with van der Waals surface area (Å²) >= 11 is 0. The molecule has 18 heavy (non-hydrogen) atoms. The van der Waals surface area contributed by atoms with Crippen LogP contribution in [0.2, 0.25) is 0 Å². The second kappa shape index (κ2) is 5.10. The Morgan fingerprint density at radius 3 is 2.89 bits per heavy atom. The lowest BCUT2D eigenvalue weighted by atomic mass is 10.1. The molecule has 3 N–H and O–H groups in total. The minimum Gasteiger partial charge on any atom is -0.495 e. The molecule has 2 aromatic rings. The number of H-pyrrole nitrogens is 1. The van der Waals surface area contributed by atoms with E-state index in [2.05, 4.69) is 9.72 Å². The molecule has 0 aliphatic heterocycles. The summed E-state index contributed by atoms with van der Waals surface area (Å²) in [5.74, 6) is 0.359. The number of rotatable bonds is 4. The normalized spacial score (nSPS) is 12.4. The van der Waals surface area contributed by atoms with Crippen molar-refractivity contribution >= 4 is 16.9 Å². The predicted molar refractivity (Wildman–Crippen MR) is 68.5 cm³/mol. The molecule has 0 saturated heterocycles. The van der Waals surface area contributed by atoms with Gasteiger partial charge in [0.15, 0.2) is 0 Å². The number of hydrogen-bond donors (Lipinski definition) is 2. The summed E-state index contributed by atoms with van der Waals surface area (Å²) in [6, 6.07) is 5.10. The largest absolute Gasteiger partial charge is 0.495 e. The van der Waals surface area contributed by atoms with Crippen LogP contribution < -0.4 is 10.5 Å². The molecule has 96 valence electrons. The van der Waals surface area contributed by atoms with Gasteiger partial charge in [0.1, 0.15) is 11.8 Å². The van der Waals surface area contributed by atoms with Crippen molar-refractivity contribution in [1.29, 1.82) is 0 Å². The zero-order chi connectivity index (χ0) is 13.1. The van der Waals surface area contributed by atoms with Crippen molar-refractivity contribution < 1.29 is 14.3 Å². The molecule has 1 heterocycles. The number of carbonyl (C=O) groups excluding carboxylic acids is 1. The minimum atomic E-state index is -0.653. The Labute approximate surface area is 105 Å². The molecule has 1 atom stereocenters. The molecule has 0 saturated carbocycles. The number of hydrogen-bond acceptors (Lipinski definition) is 4. The van der Waals surface area contributed by atoms with E-state index >= 15 is 0 Å². The third-order valence-electron chi connectivity index (χ3n) is 2.93. The topological polar surface area (TPSA) is 77.3 Å². The zero-order valence-corrected chi connectivity index (χ0v) is 10.4. The Hall–Kier alpha value is -2.01. The van der Waals surface area contributed by atoms with Crippen molar-refractivity contribution in [2.24, 2.45) is 5.73 Å². The van der Waals surface area contributed by atoms with E-state index in [1.165, 1.54) is 7.11 Å². The van der Waals surface area contributed by atoms with Crippen LogP contribution in [0, 0.1) is 0 Å². The molecular formula is C13H16N2O3. The van der Waals surface area contributed by atoms with Gasteiger partial charge in [-0.1, -0.05) is 12.1 Å². The quantitative estimate of drug-likeness (QED) is 0.797. The van der Waals surface area contributed by atoms with Crippen molar-refractivity contribution in [3.8, 4) is 5.75 Å². The molecule has 0 unspecified atom stereocenters. The van der Waals surface area contributed by atoms with Gasteiger partial charge in [0.25, 0.3) is 0 Å². The summed E-state index contributed by atoms with van der Waals surface area (Å²) < 4.78 is 9.88.